The van der Waals surface area contributed by atoms with Crippen molar-refractivity contribution in [3.63, 3.8) is 0 Å². The monoisotopic (exact) mass is 177 g/mol. The highest BCUT2D eigenvalue weighted by Gasteiger charge is 2.30. The Labute approximate surface area is 73.8 Å². The van der Waals surface area contributed by atoms with Crippen molar-refractivity contribution in [3.8, 4) is 0 Å². The highest BCUT2D eigenvalue weighted by atomic mass is 16.6. The van der Waals surface area contributed by atoms with Crippen LogP contribution in [0.3, 0.4) is 0 Å². The molecule has 0 N–H and O–H groups in total. The molecule has 1 aromatic rings. The van der Waals surface area contributed by atoms with E-state index in [0.29, 0.717) is 11.1 Å². The van der Waals surface area contributed by atoms with E-state index in [2.05, 4.69) is 4.74 Å². The molecular formula is C9H5O4-. The number of fused-ring (bicyclic) bond motifs is 1. The molecular weight excluding hydrogens is 172 g/mol. The summed E-state index contributed by atoms with van der Waals surface area (Å²) in [5.74, 6) is -2.00. The SMILES string of the molecule is O=C1OC(C(=O)[O-])c2ccccc21. The number of cyclic esters (lactones) is 1. The van der Waals surface area contributed by atoms with Crippen LogP contribution in [0.5, 0.6) is 0 Å². The lowest BCUT2D eigenvalue weighted by atomic mass is 10.1. The van der Waals surface area contributed by atoms with E-state index < -0.39 is 18.0 Å². The van der Waals surface area contributed by atoms with Crippen LogP contribution < -0.4 is 5.11 Å². The van der Waals surface area contributed by atoms with Gasteiger partial charge in [0.2, 0.25) is 0 Å². The third kappa shape index (κ3) is 1.07. The molecule has 0 fully saturated rings. The molecule has 0 saturated carbocycles. The molecule has 2 rings (SSSR count). The molecule has 0 spiro atoms. The maximum atomic E-state index is 11.1. The van der Waals surface area contributed by atoms with Gasteiger partial charge >= 0.3 is 5.97 Å². The summed E-state index contributed by atoms with van der Waals surface area (Å²) in [4.78, 5) is 21.6. The van der Waals surface area contributed by atoms with Crippen LogP contribution in [-0.2, 0) is 9.53 Å². The number of ether oxygens (including phenoxy) is 1. The van der Waals surface area contributed by atoms with Crippen molar-refractivity contribution in [3.05, 3.63) is 35.4 Å². The Morgan fingerprint density at radius 2 is 2.08 bits per heavy atom. The van der Waals surface area contributed by atoms with E-state index in [9.17, 15) is 14.7 Å². The second-order valence-electron chi connectivity index (χ2n) is 2.69. The van der Waals surface area contributed by atoms with Crippen LogP contribution in [0.25, 0.3) is 0 Å². The second kappa shape index (κ2) is 2.58. The van der Waals surface area contributed by atoms with Crippen molar-refractivity contribution in [2.45, 2.75) is 6.10 Å². The molecule has 0 aliphatic carbocycles. The number of rotatable bonds is 1. The fourth-order valence-electron chi connectivity index (χ4n) is 1.32. The summed E-state index contributed by atoms with van der Waals surface area (Å²) in [6.07, 6.45) is -1.25. The van der Waals surface area contributed by atoms with Gasteiger partial charge in [0.1, 0.15) is 0 Å². The standard InChI is InChI=1S/C9H6O4/c10-8(11)7-5-3-1-2-4-6(5)9(12)13-7/h1-4,7H,(H,10,11)/p-1. The van der Waals surface area contributed by atoms with Crippen molar-refractivity contribution in [2.24, 2.45) is 0 Å². The Morgan fingerprint density at radius 3 is 2.77 bits per heavy atom. The van der Waals surface area contributed by atoms with Gasteiger partial charge in [-0.25, -0.2) is 4.79 Å². The lowest BCUT2D eigenvalue weighted by Crippen LogP contribution is -2.29. The zero-order valence-corrected chi connectivity index (χ0v) is 6.52. The molecule has 0 radical (unpaired) electrons. The molecule has 66 valence electrons. The van der Waals surface area contributed by atoms with Crippen LogP contribution in [0.15, 0.2) is 24.3 Å². The molecule has 13 heavy (non-hydrogen) atoms. The topological polar surface area (TPSA) is 66.4 Å². The molecule has 1 unspecified atom stereocenters. The minimum absolute atomic E-state index is 0.303. The normalized spacial score (nSPS) is 19.4. The minimum atomic E-state index is -1.39. The molecule has 1 aromatic carbocycles. The average Bonchev–Trinajstić information content (AvgIpc) is 2.45. The van der Waals surface area contributed by atoms with Gasteiger partial charge in [-0.05, 0) is 6.07 Å². The summed E-state index contributed by atoms with van der Waals surface area (Å²) in [5, 5.41) is 10.5. The number of carbonyl (C=O) groups is 2. The highest BCUT2D eigenvalue weighted by molar-refractivity contribution is 5.97. The third-order valence-corrected chi connectivity index (χ3v) is 1.90. The van der Waals surface area contributed by atoms with Crippen LogP contribution in [-0.4, -0.2) is 11.9 Å². The van der Waals surface area contributed by atoms with Crippen LogP contribution in [0.2, 0.25) is 0 Å². The molecule has 0 aromatic heterocycles. The molecule has 0 amide bonds. The zero-order valence-electron chi connectivity index (χ0n) is 6.52. The molecule has 1 atom stereocenters. The number of aliphatic carboxylic acids is 1. The predicted octanol–water partition coefficient (Wildman–Crippen LogP) is -0.352. The van der Waals surface area contributed by atoms with Gasteiger partial charge in [0.05, 0.1) is 11.5 Å². The van der Waals surface area contributed by atoms with E-state index in [1.165, 1.54) is 6.07 Å². The summed E-state index contributed by atoms with van der Waals surface area (Å²) in [7, 11) is 0. The number of carboxylic acid groups (broad SMARTS) is 1. The first kappa shape index (κ1) is 7.79. The maximum absolute atomic E-state index is 11.1. The number of carboxylic acids is 1. The van der Waals surface area contributed by atoms with Gasteiger partial charge in [-0.15, -0.1) is 0 Å². The first-order valence-electron chi connectivity index (χ1n) is 3.71. The number of carbonyl (C=O) groups excluding carboxylic acids is 2. The lowest BCUT2D eigenvalue weighted by Gasteiger charge is -2.10. The summed E-state index contributed by atoms with van der Waals surface area (Å²) < 4.78 is 4.59. The minimum Gasteiger partial charge on any atom is -0.546 e. The molecule has 1 heterocycles. The number of benzene rings is 1. The van der Waals surface area contributed by atoms with E-state index in [1.807, 2.05) is 0 Å². The number of hydrogen-bond donors (Lipinski definition) is 0. The summed E-state index contributed by atoms with van der Waals surface area (Å²) in [6.45, 7) is 0. The van der Waals surface area contributed by atoms with Crippen molar-refractivity contribution in [1.82, 2.24) is 0 Å². The fourth-order valence-corrected chi connectivity index (χ4v) is 1.32. The van der Waals surface area contributed by atoms with Gasteiger partial charge < -0.3 is 14.6 Å². The Morgan fingerprint density at radius 1 is 1.38 bits per heavy atom. The fraction of sp³-hybridized carbons (Fsp3) is 0.111. The van der Waals surface area contributed by atoms with Gasteiger partial charge in [-0.2, -0.15) is 0 Å². The van der Waals surface area contributed by atoms with Gasteiger partial charge in [0.15, 0.2) is 6.10 Å². The van der Waals surface area contributed by atoms with E-state index in [4.69, 9.17) is 0 Å². The van der Waals surface area contributed by atoms with Crippen molar-refractivity contribution >= 4 is 11.9 Å². The van der Waals surface area contributed by atoms with Gasteiger partial charge in [-0.3, -0.25) is 0 Å². The largest absolute Gasteiger partial charge is 0.546 e. The molecule has 0 bridgehead atoms. The van der Waals surface area contributed by atoms with Crippen molar-refractivity contribution in [2.75, 3.05) is 0 Å². The van der Waals surface area contributed by atoms with E-state index >= 15 is 0 Å². The smallest absolute Gasteiger partial charge is 0.339 e. The molecule has 1 aliphatic heterocycles. The molecule has 1 aliphatic rings. The van der Waals surface area contributed by atoms with Gasteiger partial charge in [-0.1, -0.05) is 18.2 Å². The van der Waals surface area contributed by atoms with Crippen LogP contribution >= 0.6 is 0 Å². The highest BCUT2D eigenvalue weighted by Crippen LogP contribution is 2.29. The van der Waals surface area contributed by atoms with Gasteiger partial charge in [0.25, 0.3) is 0 Å². The van der Waals surface area contributed by atoms with E-state index in [-0.39, 0.29) is 0 Å². The van der Waals surface area contributed by atoms with Crippen molar-refractivity contribution in [1.29, 1.82) is 0 Å². The maximum Gasteiger partial charge on any atom is 0.339 e. The van der Waals surface area contributed by atoms with Crippen molar-refractivity contribution < 1.29 is 19.4 Å². The van der Waals surface area contributed by atoms with Crippen LogP contribution in [0.1, 0.15) is 22.0 Å². The Kier molecular flexibility index (Phi) is 1.55. The van der Waals surface area contributed by atoms with Gasteiger partial charge in [0, 0.05) is 5.56 Å². The molecule has 4 nitrogen and oxygen atoms in total. The Hall–Kier alpha value is -1.84. The van der Waals surface area contributed by atoms with Crippen LogP contribution in [0, 0.1) is 0 Å². The number of hydrogen-bond acceptors (Lipinski definition) is 4. The zero-order chi connectivity index (χ0) is 9.42. The average molecular weight is 177 g/mol. The summed E-state index contributed by atoms with van der Waals surface area (Å²) in [5.41, 5.74) is 0.671. The Bertz CT molecular complexity index is 383. The Balaban J connectivity index is 2.53. The van der Waals surface area contributed by atoms with E-state index in [1.54, 1.807) is 18.2 Å². The number of esters is 1. The third-order valence-electron chi connectivity index (χ3n) is 1.90. The summed E-state index contributed by atoms with van der Waals surface area (Å²) in [6, 6.07) is 6.37. The second-order valence-corrected chi connectivity index (χ2v) is 2.69. The quantitative estimate of drug-likeness (QED) is 0.550. The van der Waals surface area contributed by atoms with Crippen LogP contribution in [0.4, 0.5) is 0 Å². The first-order valence-corrected chi connectivity index (χ1v) is 3.71. The summed E-state index contributed by atoms with van der Waals surface area (Å²) >= 11 is 0. The molecule has 4 heteroatoms. The lowest BCUT2D eigenvalue weighted by molar-refractivity contribution is -0.314. The predicted molar refractivity (Wildman–Crippen MR) is 39.6 cm³/mol. The molecule has 0 saturated heterocycles. The van der Waals surface area contributed by atoms with E-state index in [0.717, 1.165) is 0 Å². The first-order chi connectivity index (χ1) is 6.20.